The van der Waals surface area contributed by atoms with Crippen LogP contribution in [0.15, 0.2) is 47.2 Å². The zero-order valence-corrected chi connectivity index (χ0v) is 13.9. The van der Waals surface area contributed by atoms with Crippen LogP contribution in [0.2, 0.25) is 0 Å². The van der Waals surface area contributed by atoms with E-state index < -0.39 is 0 Å². The number of carbonyl (C=O) groups excluding carboxylic acids is 2. The number of benzene rings is 1. The van der Waals surface area contributed by atoms with Gasteiger partial charge < -0.3 is 0 Å². The van der Waals surface area contributed by atoms with Gasteiger partial charge in [0.1, 0.15) is 0 Å². The van der Waals surface area contributed by atoms with E-state index >= 15 is 0 Å². The minimum absolute atomic E-state index is 0.0557. The maximum absolute atomic E-state index is 12.1. The summed E-state index contributed by atoms with van der Waals surface area (Å²) in [5.74, 6) is -0.665. The fourth-order valence-electron chi connectivity index (χ4n) is 2.23. The van der Waals surface area contributed by atoms with Crippen molar-refractivity contribution in [3.63, 3.8) is 0 Å². The standard InChI is InChI=1S/C16H18BrN3O2/c1-2-6-14(20-11-13(17)10-18-20)9-15(21)19-16(22)12-7-4-3-5-8-12/h3-5,7-8,10-11,14H,2,6,9H2,1H3,(H,19,21,22). The van der Waals surface area contributed by atoms with Gasteiger partial charge in [-0.15, -0.1) is 0 Å². The first-order valence-corrected chi connectivity index (χ1v) is 7.98. The third-order valence-corrected chi connectivity index (χ3v) is 3.69. The Kier molecular flexibility index (Phi) is 5.89. The molecule has 2 rings (SSSR count). The van der Waals surface area contributed by atoms with Crippen molar-refractivity contribution in [1.29, 1.82) is 0 Å². The zero-order chi connectivity index (χ0) is 15.9. The van der Waals surface area contributed by atoms with E-state index in [-0.39, 0.29) is 24.3 Å². The molecule has 0 aliphatic heterocycles. The molecule has 2 amide bonds. The molecule has 1 aromatic carbocycles. The SMILES string of the molecule is CCCC(CC(=O)NC(=O)c1ccccc1)n1cc(Br)cn1. The number of nitrogens with one attached hydrogen (secondary N) is 1. The van der Waals surface area contributed by atoms with Crippen molar-refractivity contribution >= 4 is 27.7 Å². The Balaban J connectivity index is 1.98. The molecule has 2 aromatic rings. The molecule has 0 radical (unpaired) electrons. The molecule has 6 heteroatoms. The third-order valence-electron chi connectivity index (χ3n) is 3.28. The summed E-state index contributed by atoms with van der Waals surface area (Å²) in [5.41, 5.74) is 0.477. The van der Waals surface area contributed by atoms with Gasteiger partial charge >= 0.3 is 0 Å². The minimum Gasteiger partial charge on any atom is -0.292 e. The van der Waals surface area contributed by atoms with Gasteiger partial charge in [-0.25, -0.2) is 0 Å². The molecule has 1 unspecified atom stereocenters. The highest BCUT2D eigenvalue weighted by molar-refractivity contribution is 9.10. The molecule has 0 saturated heterocycles. The lowest BCUT2D eigenvalue weighted by Gasteiger charge is -2.16. The van der Waals surface area contributed by atoms with Gasteiger partial charge in [-0.05, 0) is 34.5 Å². The molecule has 0 aliphatic carbocycles. The van der Waals surface area contributed by atoms with Gasteiger partial charge in [-0.3, -0.25) is 19.6 Å². The molecule has 22 heavy (non-hydrogen) atoms. The van der Waals surface area contributed by atoms with E-state index in [9.17, 15) is 9.59 Å². The molecule has 1 atom stereocenters. The van der Waals surface area contributed by atoms with E-state index in [1.807, 2.05) is 12.3 Å². The fraction of sp³-hybridized carbons (Fsp3) is 0.312. The second-order valence-corrected chi connectivity index (χ2v) is 5.94. The summed E-state index contributed by atoms with van der Waals surface area (Å²) in [7, 11) is 0. The molecule has 116 valence electrons. The van der Waals surface area contributed by atoms with Crippen LogP contribution in [0.4, 0.5) is 0 Å². The van der Waals surface area contributed by atoms with E-state index in [2.05, 4.69) is 33.3 Å². The number of carbonyl (C=O) groups is 2. The van der Waals surface area contributed by atoms with Gasteiger partial charge in [0.25, 0.3) is 5.91 Å². The first-order chi connectivity index (χ1) is 10.6. The summed E-state index contributed by atoms with van der Waals surface area (Å²) in [6.07, 6.45) is 5.51. The molecule has 5 nitrogen and oxygen atoms in total. The third kappa shape index (κ3) is 4.53. The Hall–Kier alpha value is -1.95. The second-order valence-electron chi connectivity index (χ2n) is 5.03. The highest BCUT2D eigenvalue weighted by Gasteiger charge is 2.18. The predicted octanol–water partition coefficient (Wildman–Crippen LogP) is 3.33. The van der Waals surface area contributed by atoms with Crippen LogP contribution in [0, 0.1) is 0 Å². The summed E-state index contributed by atoms with van der Waals surface area (Å²) in [6.45, 7) is 2.05. The van der Waals surface area contributed by atoms with Crippen LogP contribution in [0.5, 0.6) is 0 Å². The molecule has 0 spiro atoms. The van der Waals surface area contributed by atoms with Crippen molar-refractivity contribution < 1.29 is 9.59 Å². The van der Waals surface area contributed by atoms with Crippen molar-refractivity contribution in [3.05, 3.63) is 52.8 Å². The molecule has 0 saturated carbocycles. The molecule has 0 aliphatic rings. The van der Waals surface area contributed by atoms with Gasteiger partial charge in [0.05, 0.1) is 16.7 Å². The molecular formula is C16H18BrN3O2. The minimum atomic E-state index is -0.373. The second kappa shape index (κ2) is 7.89. The highest BCUT2D eigenvalue weighted by atomic mass is 79.9. The Morgan fingerprint density at radius 1 is 1.32 bits per heavy atom. The van der Waals surface area contributed by atoms with Crippen molar-refractivity contribution in [1.82, 2.24) is 15.1 Å². The van der Waals surface area contributed by atoms with E-state index in [0.29, 0.717) is 5.56 Å². The number of hydrogen-bond acceptors (Lipinski definition) is 3. The number of nitrogens with zero attached hydrogens (tertiary/aromatic N) is 2. The molecule has 0 fully saturated rings. The summed E-state index contributed by atoms with van der Waals surface area (Å²) < 4.78 is 2.63. The van der Waals surface area contributed by atoms with E-state index in [1.165, 1.54) is 0 Å². The first kappa shape index (κ1) is 16.4. The van der Waals surface area contributed by atoms with Crippen LogP contribution >= 0.6 is 15.9 Å². The van der Waals surface area contributed by atoms with Crippen LogP contribution in [-0.2, 0) is 4.79 Å². The molecule has 0 bridgehead atoms. The van der Waals surface area contributed by atoms with Gasteiger partial charge in [-0.1, -0.05) is 31.5 Å². The Bertz CT molecular complexity index is 640. The van der Waals surface area contributed by atoms with Crippen molar-refractivity contribution in [2.24, 2.45) is 0 Å². The number of imide groups is 1. The molecule has 1 N–H and O–H groups in total. The van der Waals surface area contributed by atoms with Crippen molar-refractivity contribution in [2.75, 3.05) is 0 Å². The predicted molar refractivity (Wildman–Crippen MR) is 87.4 cm³/mol. The van der Waals surface area contributed by atoms with Crippen molar-refractivity contribution in [2.45, 2.75) is 32.2 Å². The van der Waals surface area contributed by atoms with E-state index in [1.54, 1.807) is 35.1 Å². The Morgan fingerprint density at radius 3 is 2.64 bits per heavy atom. The average Bonchev–Trinajstić information content (AvgIpc) is 2.94. The van der Waals surface area contributed by atoms with Crippen LogP contribution in [0.25, 0.3) is 0 Å². The number of hydrogen-bond donors (Lipinski definition) is 1. The zero-order valence-electron chi connectivity index (χ0n) is 12.3. The summed E-state index contributed by atoms with van der Waals surface area (Å²) in [5, 5.41) is 6.66. The maximum Gasteiger partial charge on any atom is 0.257 e. The molecular weight excluding hydrogens is 346 g/mol. The van der Waals surface area contributed by atoms with Gasteiger partial charge in [0.2, 0.25) is 5.91 Å². The first-order valence-electron chi connectivity index (χ1n) is 7.19. The topological polar surface area (TPSA) is 64.0 Å². The van der Waals surface area contributed by atoms with Gasteiger partial charge in [0, 0.05) is 18.2 Å². The van der Waals surface area contributed by atoms with Crippen LogP contribution in [-0.4, -0.2) is 21.6 Å². The number of aromatic nitrogens is 2. The fourth-order valence-corrected chi connectivity index (χ4v) is 2.53. The van der Waals surface area contributed by atoms with E-state index in [0.717, 1.165) is 17.3 Å². The van der Waals surface area contributed by atoms with Crippen LogP contribution in [0.3, 0.4) is 0 Å². The quantitative estimate of drug-likeness (QED) is 0.855. The number of amides is 2. The summed E-state index contributed by atoms with van der Waals surface area (Å²) in [6, 6.07) is 8.65. The lowest BCUT2D eigenvalue weighted by atomic mass is 10.1. The smallest absolute Gasteiger partial charge is 0.257 e. The van der Waals surface area contributed by atoms with Crippen LogP contribution in [0.1, 0.15) is 42.6 Å². The number of halogens is 1. The number of rotatable bonds is 6. The average molecular weight is 364 g/mol. The van der Waals surface area contributed by atoms with Crippen LogP contribution < -0.4 is 5.32 Å². The Morgan fingerprint density at radius 2 is 2.05 bits per heavy atom. The Labute approximate surface area is 137 Å². The lowest BCUT2D eigenvalue weighted by molar-refractivity contribution is -0.121. The summed E-state index contributed by atoms with van der Waals surface area (Å²) in [4.78, 5) is 24.1. The van der Waals surface area contributed by atoms with Gasteiger partial charge in [-0.2, -0.15) is 5.10 Å². The van der Waals surface area contributed by atoms with E-state index in [4.69, 9.17) is 0 Å². The van der Waals surface area contributed by atoms with Crippen molar-refractivity contribution in [3.8, 4) is 0 Å². The normalized spacial score (nSPS) is 11.9. The largest absolute Gasteiger partial charge is 0.292 e. The monoisotopic (exact) mass is 363 g/mol. The summed E-state index contributed by atoms with van der Waals surface area (Å²) >= 11 is 3.35. The maximum atomic E-state index is 12.1. The molecule has 1 heterocycles. The van der Waals surface area contributed by atoms with Gasteiger partial charge in [0.15, 0.2) is 0 Å². The molecule has 1 aromatic heterocycles. The lowest BCUT2D eigenvalue weighted by Crippen LogP contribution is -2.32. The highest BCUT2D eigenvalue weighted by Crippen LogP contribution is 2.19.